The van der Waals surface area contributed by atoms with Crippen LogP contribution in [-0.4, -0.2) is 31.5 Å². The lowest BCUT2D eigenvalue weighted by Crippen LogP contribution is -2.33. The molecule has 0 aliphatic carbocycles. The number of Topliss-reactive ketones (excluding diaryl/α,β-unsaturated/α-hetero) is 1. The molecule has 1 unspecified atom stereocenters. The molecular weight excluding hydrogens is 314 g/mol. The third kappa shape index (κ3) is 4.82. The quantitative estimate of drug-likeness (QED) is 0.593. The summed E-state index contributed by atoms with van der Waals surface area (Å²) in [6.07, 6.45) is 0.0470. The SMILES string of the molecule is CCOC(=O)C(CC(=O)c1cccs1)Nc1ccc(OC)cc1. The van der Waals surface area contributed by atoms with E-state index in [1.165, 1.54) is 11.3 Å². The van der Waals surface area contributed by atoms with E-state index in [1.807, 2.05) is 11.4 Å². The Labute approximate surface area is 139 Å². The normalized spacial score (nSPS) is 11.6. The van der Waals surface area contributed by atoms with Gasteiger partial charge in [-0.15, -0.1) is 11.3 Å². The van der Waals surface area contributed by atoms with Crippen LogP contribution >= 0.6 is 11.3 Å². The highest BCUT2D eigenvalue weighted by atomic mass is 32.1. The van der Waals surface area contributed by atoms with Crippen LogP contribution in [0, 0.1) is 0 Å². The molecular formula is C17H19NO4S. The van der Waals surface area contributed by atoms with Crippen molar-refractivity contribution in [2.75, 3.05) is 19.0 Å². The number of carbonyl (C=O) groups is 2. The first-order chi connectivity index (χ1) is 11.1. The van der Waals surface area contributed by atoms with Gasteiger partial charge < -0.3 is 14.8 Å². The van der Waals surface area contributed by atoms with E-state index in [2.05, 4.69) is 5.32 Å². The van der Waals surface area contributed by atoms with E-state index in [0.717, 1.165) is 11.4 Å². The Morgan fingerprint density at radius 2 is 1.96 bits per heavy atom. The van der Waals surface area contributed by atoms with Gasteiger partial charge in [-0.25, -0.2) is 4.79 Å². The number of anilines is 1. The highest BCUT2D eigenvalue weighted by Gasteiger charge is 2.24. The molecule has 1 atom stereocenters. The van der Waals surface area contributed by atoms with Gasteiger partial charge in [-0.1, -0.05) is 6.07 Å². The van der Waals surface area contributed by atoms with E-state index < -0.39 is 12.0 Å². The van der Waals surface area contributed by atoms with E-state index in [0.29, 0.717) is 4.88 Å². The van der Waals surface area contributed by atoms with Crippen molar-refractivity contribution >= 4 is 28.8 Å². The van der Waals surface area contributed by atoms with Gasteiger partial charge in [-0.2, -0.15) is 0 Å². The van der Waals surface area contributed by atoms with Gasteiger partial charge in [0, 0.05) is 12.1 Å². The molecule has 1 aromatic heterocycles. The van der Waals surface area contributed by atoms with Gasteiger partial charge in [0.1, 0.15) is 11.8 Å². The molecule has 0 bridgehead atoms. The number of carbonyl (C=O) groups excluding carboxylic acids is 2. The van der Waals surface area contributed by atoms with E-state index in [-0.39, 0.29) is 18.8 Å². The molecule has 0 aliphatic heterocycles. The van der Waals surface area contributed by atoms with Gasteiger partial charge in [0.05, 0.1) is 18.6 Å². The number of thiophene rings is 1. The third-order valence-corrected chi connectivity index (χ3v) is 4.10. The Morgan fingerprint density at radius 3 is 2.52 bits per heavy atom. The van der Waals surface area contributed by atoms with Gasteiger partial charge in [0.25, 0.3) is 0 Å². The summed E-state index contributed by atoms with van der Waals surface area (Å²) in [7, 11) is 1.59. The van der Waals surface area contributed by atoms with E-state index in [9.17, 15) is 9.59 Å². The Hall–Kier alpha value is -2.34. The highest BCUT2D eigenvalue weighted by Crippen LogP contribution is 2.19. The number of methoxy groups -OCH3 is 1. The second kappa shape index (κ2) is 8.33. The van der Waals surface area contributed by atoms with Crippen LogP contribution in [0.2, 0.25) is 0 Å². The molecule has 6 heteroatoms. The second-order valence-corrected chi connectivity index (χ2v) is 5.73. The Balaban J connectivity index is 2.09. The number of hydrogen-bond acceptors (Lipinski definition) is 6. The Kier molecular flexibility index (Phi) is 6.17. The molecule has 1 aromatic carbocycles. The fourth-order valence-electron chi connectivity index (χ4n) is 2.05. The maximum atomic E-state index is 12.3. The average molecular weight is 333 g/mol. The highest BCUT2D eigenvalue weighted by molar-refractivity contribution is 7.12. The zero-order valence-electron chi connectivity index (χ0n) is 13.1. The van der Waals surface area contributed by atoms with Crippen molar-refractivity contribution < 1.29 is 19.1 Å². The lowest BCUT2D eigenvalue weighted by Gasteiger charge is -2.17. The minimum Gasteiger partial charge on any atom is -0.497 e. The first-order valence-corrected chi connectivity index (χ1v) is 8.16. The number of rotatable bonds is 8. The summed E-state index contributed by atoms with van der Waals surface area (Å²) < 4.78 is 10.2. The largest absolute Gasteiger partial charge is 0.497 e. The summed E-state index contributed by atoms with van der Waals surface area (Å²) in [5.41, 5.74) is 0.725. The summed E-state index contributed by atoms with van der Waals surface area (Å²) in [6, 6.07) is 9.99. The first-order valence-electron chi connectivity index (χ1n) is 7.28. The van der Waals surface area contributed by atoms with Crippen LogP contribution in [0.25, 0.3) is 0 Å². The number of esters is 1. The minimum absolute atomic E-state index is 0.0470. The molecule has 0 amide bonds. The van der Waals surface area contributed by atoms with Crippen molar-refractivity contribution in [3.63, 3.8) is 0 Å². The maximum absolute atomic E-state index is 12.3. The van der Waals surface area contributed by atoms with Crippen LogP contribution < -0.4 is 10.1 Å². The predicted molar refractivity (Wildman–Crippen MR) is 90.3 cm³/mol. The van der Waals surface area contributed by atoms with Gasteiger partial charge in [-0.05, 0) is 42.6 Å². The van der Waals surface area contributed by atoms with Crippen LogP contribution in [0.15, 0.2) is 41.8 Å². The molecule has 0 aliphatic rings. The van der Waals surface area contributed by atoms with Crippen molar-refractivity contribution in [3.8, 4) is 5.75 Å². The second-order valence-electron chi connectivity index (χ2n) is 4.78. The molecule has 0 spiro atoms. The minimum atomic E-state index is -0.724. The summed E-state index contributed by atoms with van der Waals surface area (Å²) in [5.74, 6) is 0.199. The van der Waals surface area contributed by atoms with Crippen LogP contribution in [-0.2, 0) is 9.53 Å². The van der Waals surface area contributed by atoms with E-state index >= 15 is 0 Å². The topological polar surface area (TPSA) is 64.6 Å². The van der Waals surface area contributed by atoms with Crippen molar-refractivity contribution in [3.05, 3.63) is 46.7 Å². The standard InChI is InChI=1S/C17H19NO4S/c1-3-22-17(20)14(11-15(19)16-5-4-10-23-16)18-12-6-8-13(21-2)9-7-12/h4-10,14,18H,3,11H2,1-2H3. The summed E-state index contributed by atoms with van der Waals surface area (Å²) in [5, 5.41) is 4.90. The zero-order chi connectivity index (χ0) is 16.7. The molecule has 23 heavy (non-hydrogen) atoms. The van der Waals surface area contributed by atoms with Crippen LogP contribution in [0.5, 0.6) is 5.75 Å². The molecule has 0 saturated heterocycles. The third-order valence-electron chi connectivity index (χ3n) is 3.19. The molecule has 1 N–H and O–H groups in total. The molecule has 0 radical (unpaired) electrons. The molecule has 122 valence electrons. The monoisotopic (exact) mass is 333 g/mol. The number of ether oxygens (including phenoxy) is 2. The van der Waals surface area contributed by atoms with Crippen molar-refractivity contribution in [1.29, 1.82) is 0 Å². The fourth-order valence-corrected chi connectivity index (χ4v) is 2.72. The summed E-state index contributed by atoms with van der Waals surface area (Å²) in [6.45, 7) is 2.01. The Morgan fingerprint density at radius 1 is 1.22 bits per heavy atom. The van der Waals surface area contributed by atoms with Gasteiger partial charge in [0.15, 0.2) is 5.78 Å². The van der Waals surface area contributed by atoms with Crippen molar-refractivity contribution in [2.24, 2.45) is 0 Å². The van der Waals surface area contributed by atoms with E-state index in [4.69, 9.17) is 9.47 Å². The smallest absolute Gasteiger partial charge is 0.329 e. The number of nitrogens with one attached hydrogen (secondary N) is 1. The van der Waals surface area contributed by atoms with Crippen LogP contribution in [0.3, 0.4) is 0 Å². The van der Waals surface area contributed by atoms with Gasteiger partial charge in [0.2, 0.25) is 0 Å². The van der Waals surface area contributed by atoms with Gasteiger partial charge in [-0.3, -0.25) is 4.79 Å². The molecule has 1 heterocycles. The number of hydrogen-bond donors (Lipinski definition) is 1. The number of ketones is 1. The maximum Gasteiger partial charge on any atom is 0.329 e. The molecule has 2 aromatic rings. The van der Waals surface area contributed by atoms with E-state index in [1.54, 1.807) is 44.4 Å². The first kappa shape index (κ1) is 17.0. The predicted octanol–water partition coefficient (Wildman–Crippen LogP) is 3.37. The summed E-state index contributed by atoms with van der Waals surface area (Å²) >= 11 is 1.36. The lowest BCUT2D eigenvalue weighted by molar-refractivity contribution is -0.144. The molecule has 5 nitrogen and oxygen atoms in total. The van der Waals surface area contributed by atoms with Crippen LogP contribution in [0.4, 0.5) is 5.69 Å². The fraction of sp³-hybridized carbons (Fsp3) is 0.294. The molecule has 2 rings (SSSR count). The van der Waals surface area contributed by atoms with Gasteiger partial charge >= 0.3 is 5.97 Å². The van der Waals surface area contributed by atoms with Crippen LogP contribution in [0.1, 0.15) is 23.0 Å². The zero-order valence-corrected chi connectivity index (χ0v) is 13.9. The van der Waals surface area contributed by atoms with Crippen molar-refractivity contribution in [2.45, 2.75) is 19.4 Å². The average Bonchev–Trinajstić information content (AvgIpc) is 3.09. The summed E-state index contributed by atoms with van der Waals surface area (Å²) in [4.78, 5) is 25.0. The number of benzene rings is 1. The van der Waals surface area contributed by atoms with Crippen molar-refractivity contribution in [1.82, 2.24) is 0 Å². The Bertz CT molecular complexity index is 637. The molecule has 0 saturated carbocycles. The lowest BCUT2D eigenvalue weighted by atomic mass is 10.1. The molecule has 0 fully saturated rings.